The fraction of sp³-hybridized carbons (Fsp3) is 0.467. The Bertz CT molecular complexity index is 511. The molecule has 6 nitrogen and oxygen atoms in total. The van der Waals surface area contributed by atoms with Crippen molar-refractivity contribution in [2.24, 2.45) is 4.99 Å². The van der Waals surface area contributed by atoms with Gasteiger partial charge >= 0.3 is 5.97 Å². The number of rotatable bonds is 6. The van der Waals surface area contributed by atoms with Crippen LogP contribution in [0.25, 0.3) is 0 Å². The molecular weight excluding hydrogens is 274 g/mol. The molecule has 2 atom stereocenters. The summed E-state index contributed by atoms with van der Waals surface area (Å²) < 4.78 is 21.1. The molecule has 0 spiro atoms. The summed E-state index contributed by atoms with van der Waals surface area (Å²) in [7, 11) is 1.60. The Labute approximate surface area is 123 Å². The minimum atomic E-state index is -0.733. The molecule has 6 heteroatoms. The number of nitrogens with zero attached hydrogens (tertiary/aromatic N) is 1. The lowest BCUT2D eigenvalue weighted by atomic mass is 10.2. The van der Waals surface area contributed by atoms with Gasteiger partial charge in [0.2, 0.25) is 6.10 Å². The van der Waals surface area contributed by atoms with Gasteiger partial charge in [0.15, 0.2) is 5.90 Å². The van der Waals surface area contributed by atoms with Gasteiger partial charge < -0.3 is 18.9 Å². The monoisotopic (exact) mass is 293 g/mol. The van der Waals surface area contributed by atoms with Crippen molar-refractivity contribution >= 4 is 11.9 Å². The number of esters is 1. The van der Waals surface area contributed by atoms with Gasteiger partial charge in [0.05, 0.1) is 13.7 Å². The lowest BCUT2D eigenvalue weighted by Crippen LogP contribution is -2.36. The summed E-state index contributed by atoms with van der Waals surface area (Å²) in [4.78, 5) is 16.1. The molecule has 1 aliphatic rings. The van der Waals surface area contributed by atoms with E-state index in [1.54, 1.807) is 45.2 Å². The highest BCUT2D eigenvalue weighted by atomic mass is 16.6. The second kappa shape index (κ2) is 6.97. The molecule has 1 aromatic carbocycles. The zero-order valence-corrected chi connectivity index (χ0v) is 12.4. The third kappa shape index (κ3) is 3.87. The van der Waals surface area contributed by atoms with Crippen molar-refractivity contribution in [1.29, 1.82) is 0 Å². The van der Waals surface area contributed by atoms with Gasteiger partial charge in [-0.2, -0.15) is 0 Å². The van der Waals surface area contributed by atoms with Crippen molar-refractivity contribution in [1.82, 2.24) is 0 Å². The van der Waals surface area contributed by atoms with Gasteiger partial charge in [0.25, 0.3) is 0 Å². The Hall–Kier alpha value is -2.24. The molecular formula is C15H19NO5. The first kappa shape index (κ1) is 15.2. The van der Waals surface area contributed by atoms with E-state index in [1.807, 2.05) is 0 Å². The predicted octanol–water partition coefficient (Wildman–Crippen LogP) is 1.82. The van der Waals surface area contributed by atoms with Crippen LogP contribution in [0.4, 0.5) is 0 Å². The highest BCUT2D eigenvalue weighted by molar-refractivity contribution is 5.84. The first-order chi connectivity index (χ1) is 10.1. The van der Waals surface area contributed by atoms with E-state index in [9.17, 15) is 4.79 Å². The number of methoxy groups -OCH3 is 1. The number of benzene rings is 1. The second-order valence-corrected chi connectivity index (χ2v) is 4.49. The first-order valence-corrected chi connectivity index (χ1v) is 6.78. The molecule has 21 heavy (non-hydrogen) atoms. The van der Waals surface area contributed by atoms with Crippen molar-refractivity contribution in [2.45, 2.75) is 26.0 Å². The molecule has 0 aromatic heterocycles. The van der Waals surface area contributed by atoms with Crippen molar-refractivity contribution in [2.75, 3.05) is 20.3 Å². The van der Waals surface area contributed by atoms with Gasteiger partial charge in [-0.25, -0.2) is 9.79 Å². The van der Waals surface area contributed by atoms with Gasteiger partial charge in [-0.1, -0.05) is 0 Å². The molecule has 1 aromatic rings. The van der Waals surface area contributed by atoms with Crippen molar-refractivity contribution in [3.63, 3.8) is 0 Å². The predicted molar refractivity (Wildman–Crippen MR) is 76.9 cm³/mol. The number of aliphatic imine (C=N–C) groups is 1. The summed E-state index contributed by atoms with van der Waals surface area (Å²) in [6.45, 7) is 4.01. The summed E-state index contributed by atoms with van der Waals surface area (Å²) in [6.07, 6.45) is -0.733. The molecule has 0 unspecified atom stereocenters. The Morgan fingerprint density at radius 1 is 1.29 bits per heavy atom. The Balaban J connectivity index is 1.94. The molecule has 2 rings (SSSR count). The molecule has 0 N–H and O–H groups in total. The lowest BCUT2D eigenvalue weighted by Gasteiger charge is -2.16. The summed E-state index contributed by atoms with van der Waals surface area (Å²) in [5, 5.41) is 0. The fourth-order valence-electron chi connectivity index (χ4n) is 2.00. The Kier molecular flexibility index (Phi) is 5.03. The number of carbonyl (C=O) groups excluding carboxylic acids is 1. The highest BCUT2D eigenvalue weighted by Crippen LogP contribution is 2.20. The van der Waals surface area contributed by atoms with Crippen LogP contribution in [0.3, 0.4) is 0 Å². The number of ether oxygens (including phenoxy) is 4. The van der Waals surface area contributed by atoms with Crippen molar-refractivity contribution in [3.05, 3.63) is 24.3 Å². The summed E-state index contributed by atoms with van der Waals surface area (Å²) in [5.41, 5.74) is 0. The molecule has 114 valence electrons. The molecule has 0 bridgehead atoms. The SMILES string of the molecule is CCOC(=O)[C@@H]1OC(C)=N[C@@H]1COc1ccc(OC)cc1. The average molecular weight is 293 g/mol. The second-order valence-electron chi connectivity index (χ2n) is 4.49. The topological polar surface area (TPSA) is 66.4 Å². The van der Waals surface area contributed by atoms with Crippen LogP contribution in [-0.2, 0) is 14.3 Å². The van der Waals surface area contributed by atoms with E-state index in [2.05, 4.69) is 4.99 Å². The van der Waals surface area contributed by atoms with E-state index in [0.717, 1.165) is 5.75 Å². The lowest BCUT2D eigenvalue weighted by molar-refractivity contribution is -0.152. The molecule has 1 heterocycles. The van der Waals surface area contributed by atoms with Crippen LogP contribution in [0.1, 0.15) is 13.8 Å². The van der Waals surface area contributed by atoms with Gasteiger partial charge in [-0.05, 0) is 31.2 Å². The Morgan fingerprint density at radius 2 is 1.95 bits per heavy atom. The molecule has 1 aliphatic heterocycles. The van der Waals surface area contributed by atoms with E-state index in [4.69, 9.17) is 18.9 Å². The van der Waals surface area contributed by atoms with Crippen LogP contribution >= 0.6 is 0 Å². The third-order valence-electron chi connectivity index (χ3n) is 2.99. The summed E-state index contributed by atoms with van der Waals surface area (Å²) in [5.74, 6) is 1.49. The first-order valence-electron chi connectivity index (χ1n) is 6.78. The van der Waals surface area contributed by atoms with Crippen molar-refractivity contribution < 1.29 is 23.7 Å². The van der Waals surface area contributed by atoms with E-state index in [-0.39, 0.29) is 6.61 Å². The largest absolute Gasteiger partial charge is 0.497 e. The zero-order chi connectivity index (χ0) is 15.2. The van der Waals surface area contributed by atoms with Crippen molar-refractivity contribution in [3.8, 4) is 11.5 Å². The molecule has 0 saturated heterocycles. The quantitative estimate of drug-likeness (QED) is 0.748. The third-order valence-corrected chi connectivity index (χ3v) is 2.99. The normalized spacial score (nSPS) is 20.4. The molecule has 0 fully saturated rings. The molecule has 0 saturated carbocycles. The minimum Gasteiger partial charge on any atom is -0.497 e. The van der Waals surface area contributed by atoms with Crippen LogP contribution < -0.4 is 9.47 Å². The van der Waals surface area contributed by atoms with Crippen LogP contribution in [0.5, 0.6) is 11.5 Å². The smallest absolute Gasteiger partial charge is 0.349 e. The van der Waals surface area contributed by atoms with Gasteiger partial charge in [-0.15, -0.1) is 0 Å². The maximum absolute atomic E-state index is 11.8. The molecule has 0 radical (unpaired) electrons. The van der Waals surface area contributed by atoms with Gasteiger partial charge in [0, 0.05) is 6.92 Å². The van der Waals surface area contributed by atoms with Gasteiger partial charge in [0.1, 0.15) is 24.1 Å². The average Bonchev–Trinajstić information content (AvgIpc) is 2.87. The molecule has 0 aliphatic carbocycles. The highest BCUT2D eigenvalue weighted by Gasteiger charge is 2.37. The van der Waals surface area contributed by atoms with Gasteiger partial charge in [-0.3, -0.25) is 0 Å². The maximum atomic E-state index is 11.8. The minimum absolute atomic E-state index is 0.243. The standard InChI is InChI=1S/C15H19NO5/c1-4-19-15(17)14-13(16-10(2)21-14)9-20-12-7-5-11(18-3)6-8-12/h5-8,13-14H,4,9H2,1-3H3/t13-,14-/m1/s1. The van der Waals surface area contributed by atoms with Crippen LogP contribution in [0.15, 0.2) is 29.3 Å². The van der Waals surface area contributed by atoms with Crippen LogP contribution in [0, 0.1) is 0 Å². The zero-order valence-electron chi connectivity index (χ0n) is 12.4. The number of hydrogen-bond donors (Lipinski definition) is 0. The van der Waals surface area contributed by atoms with Crippen LogP contribution in [0.2, 0.25) is 0 Å². The maximum Gasteiger partial charge on any atom is 0.349 e. The van der Waals surface area contributed by atoms with E-state index in [1.165, 1.54) is 0 Å². The summed E-state index contributed by atoms with van der Waals surface area (Å²) in [6, 6.07) is 6.80. The van der Waals surface area contributed by atoms with Crippen LogP contribution in [-0.4, -0.2) is 44.3 Å². The summed E-state index contributed by atoms with van der Waals surface area (Å²) >= 11 is 0. The van der Waals surface area contributed by atoms with E-state index < -0.39 is 18.1 Å². The number of carbonyl (C=O) groups is 1. The number of hydrogen-bond acceptors (Lipinski definition) is 6. The fourth-order valence-corrected chi connectivity index (χ4v) is 2.00. The molecule has 0 amide bonds. The van der Waals surface area contributed by atoms with E-state index >= 15 is 0 Å². The van der Waals surface area contributed by atoms with E-state index in [0.29, 0.717) is 18.3 Å². The Morgan fingerprint density at radius 3 is 2.57 bits per heavy atom.